The number of anilines is 1. The third-order valence-corrected chi connectivity index (χ3v) is 5.04. The molecule has 3 rings (SSSR count). The summed E-state index contributed by atoms with van der Waals surface area (Å²) in [5, 5.41) is 0. The van der Waals surface area contributed by atoms with Crippen molar-refractivity contribution in [3.63, 3.8) is 0 Å². The average molecular weight is 316 g/mol. The Labute approximate surface area is 137 Å². The van der Waals surface area contributed by atoms with E-state index in [0.29, 0.717) is 18.3 Å². The van der Waals surface area contributed by atoms with Crippen molar-refractivity contribution in [1.29, 1.82) is 0 Å². The maximum absolute atomic E-state index is 12.6. The molecule has 2 unspecified atom stereocenters. The number of nitrogens with zero attached hydrogens (tertiary/aromatic N) is 2. The molecule has 2 aliphatic heterocycles. The summed E-state index contributed by atoms with van der Waals surface area (Å²) in [6.07, 6.45) is 2.45. The zero-order valence-corrected chi connectivity index (χ0v) is 13.6. The molecule has 5 nitrogen and oxygen atoms in total. The summed E-state index contributed by atoms with van der Waals surface area (Å²) in [4.78, 5) is 28.4. The number of ether oxygens (including phenoxy) is 1. The number of hydrogen-bond acceptors (Lipinski definition) is 3. The van der Waals surface area contributed by atoms with E-state index in [-0.39, 0.29) is 18.4 Å². The van der Waals surface area contributed by atoms with Crippen LogP contribution in [0.2, 0.25) is 0 Å². The molecule has 1 aromatic carbocycles. The van der Waals surface area contributed by atoms with Gasteiger partial charge in [-0.25, -0.2) is 0 Å². The van der Waals surface area contributed by atoms with Gasteiger partial charge in [-0.3, -0.25) is 9.59 Å². The van der Waals surface area contributed by atoms with E-state index in [1.807, 2.05) is 40.1 Å². The number of amides is 2. The van der Waals surface area contributed by atoms with E-state index in [9.17, 15) is 9.59 Å². The Morgan fingerprint density at radius 2 is 1.91 bits per heavy atom. The molecule has 0 aliphatic carbocycles. The van der Waals surface area contributed by atoms with Crippen molar-refractivity contribution in [2.45, 2.75) is 19.3 Å². The molecule has 1 aromatic rings. The second-order valence-corrected chi connectivity index (χ2v) is 6.46. The van der Waals surface area contributed by atoms with Gasteiger partial charge < -0.3 is 14.5 Å². The smallest absolute Gasteiger partial charge is 0.248 e. The maximum atomic E-state index is 12.6. The average Bonchev–Trinajstić information content (AvgIpc) is 2.73. The highest BCUT2D eigenvalue weighted by Crippen LogP contribution is 2.33. The number of piperidine rings is 1. The lowest BCUT2D eigenvalue weighted by molar-refractivity contribution is -0.137. The van der Waals surface area contributed by atoms with Crippen molar-refractivity contribution >= 4 is 17.5 Å². The Kier molecular flexibility index (Phi) is 4.96. The molecule has 2 saturated heterocycles. The van der Waals surface area contributed by atoms with Crippen molar-refractivity contribution < 1.29 is 14.3 Å². The lowest BCUT2D eigenvalue weighted by Crippen LogP contribution is -2.45. The summed E-state index contributed by atoms with van der Waals surface area (Å²) in [6.45, 7) is 2.37. The lowest BCUT2D eigenvalue weighted by Gasteiger charge is -2.37. The molecule has 0 bridgehead atoms. The van der Waals surface area contributed by atoms with Gasteiger partial charge in [0, 0.05) is 38.9 Å². The van der Waals surface area contributed by atoms with Gasteiger partial charge in [0.1, 0.15) is 6.61 Å². The van der Waals surface area contributed by atoms with Gasteiger partial charge in [-0.15, -0.1) is 0 Å². The largest absolute Gasteiger partial charge is 0.375 e. The molecule has 0 spiro atoms. The van der Waals surface area contributed by atoms with Gasteiger partial charge in [-0.1, -0.05) is 18.2 Å². The predicted molar refractivity (Wildman–Crippen MR) is 88.1 cm³/mol. The number of benzene rings is 1. The van der Waals surface area contributed by atoms with Crippen LogP contribution in [0.15, 0.2) is 30.3 Å². The highest BCUT2D eigenvalue weighted by molar-refractivity contribution is 5.93. The summed E-state index contributed by atoms with van der Waals surface area (Å²) < 4.78 is 4.96. The fourth-order valence-electron chi connectivity index (χ4n) is 3.75. The van der Waals surface area contributed by atoms with Crippen molar-refractivity contribution in [2.75, 3.05) is 38.3 Å². The molecule has 2 fully saturated rings. The van der Waals surface area contributed by atoms with Crippen LogP contribution in [0.5, 0.6) is 0 Å². The lowest BCUT2D eigenvalue weighted by atomic mass is 9.82. The minimum atomic E-state index is 0.0569. The summed E-state index contributed by atoms with van der Waals surface area (Å²) in [5.74, 6) is 1.06. The summed E-state index contributed by atoms with van der Waals surface area (Å²) in [5.41, 5.74) is 0.975. The fourth-order valence-corrected chi connectivity index (χ4v) is 3.75. The monoisotopic (exact) mass is 316 g/mol. The van der Waals surface area contributed by atoms with Crippen LogP contribution in [0.25, 0.3) is 0 Å². The number of hydrogen-bond donors (Lipinski definition) is 0. The summed E-state index contributed by atoms with van der Waals surface area (Å²) in [7, 11) is 1.55. The molecule has 2 amide bonds. The van der Waals surface area contributed by atoms with Gasteiger partial charge in [0.05, 0.1) is 0 Å². The van der Waals surface area contributed by atoms with Crippen molar-refractivity contribution in [2.24, 2.45) is 11.8 Å². The van der Waals surface area contributed by atoms with E-state index in [2.05, 4.69) is 0 Å². The fraction of sp³-hybridized carbons (Fsp3) is 0.556. The first-order valence-electron chi connectivity index (χ1n) is 8.31. The minimum absolute atomic E-state index is 0.0569. The van der Waals surface area contributed by atoms with Crippen molar-refractivity contribution in [1.82, 2.24) is 4.90 Å². The second-order valence-electron chi connectivity index (χ2n) is 6.46. The quantitative estimate of drug-likeness (QED) is 0.856. The number of para-hydroxylation sites is 1. The van der Waals surface area contributed by atoms with Crippen molar-refractivity contribution in [3.05, 3.63) is 30.3 Å². The maximum Gasteiger partial charge on any atom is 0.248 e. The summed E-state index contributed by atoms with van der Waals surface area (Å²) in [6, 6.07) is 9.87. The van der Waals surface area contributed by atoms with Crippen LogP contribution in [0, 0.1) is 11.8 Å². The summed E-state index contributed by atoms with van der Waals surface area (Å²) >= 11 is 0. The van der Waals surface area contributed by atoms with Gasteiger partial charge >= 0.3 is 0 Å². The molecule has 0 radical (unpaired) electrons. The minimum Gasteiger partial charge on any atom is -0.375 e. The third kappa shape index (κ3) is 3.55. The van der Waals surface area contributed by atoms with Crippen LogP contribution >= 0.6 is 0 Å². The van der Waals surface area contributed by atoms with E-state index in [4.69, 9.17) is 4.74 Å². The van der Waals surface area contributed by atoms with Gasteiger partial charge in [-0.05, 0) is 36.8 Å². The molecule has 124 valence electrons. The third-order valence-electron chi connectivity index (χ3n) is 5.04. The normalized spacial score (nSPS) is 25.0. The molecule has 5 heteroatoms. The highest BCUT2D eigenvalue weighted by atomic mass is 16.5. The van der Waals surface area contributed by atoms with E-state index in [0.717, 1.165) is 38.2 Å². The SMILES string of the molecule is COCC(=O)N1CCC2CC(=O)N(c3ccccc3)CCC2C1. The first-order valence-corrected chi connectivity index (χ1v) is 8.31. The van der Waals surface area contributed by atoms with Crippen LogP contribution < -0.4 is 4.90 Å². The van der Waals surface area contributed by atoms with Crippen molar-refractivity contribution in [3.8, 4) is 0 Å². The zero-order valence-electron chi connectivity index (χ0n) is 13.6. The van der Waals surface area contributed by atoms with Crippen LogP contribution in [0.1, 0.15) is 19.3 Å². The van der Waals surface area contributed by atoms with E-state index in [1.165, 1.54) is 0 Å². The number of methoxy groups -OCH3 is 1. The van der Waals surface area contributed by atoms with E-state index in [1.54, 1.807) is 7.11 Å². The van der Waals surface area contributed by atoms with Crippen LogP contribution in [-0.4, -0.2) is 50.1 Å². The molecule has 2 atom stereocenters. The number of carbonyl (C=O) groups excluding carboxylic acids is 2. The molecule has 2 aliphatic rings. The van der Waals surface area contributed by atoms with Gasteiger partial charge in [0.15, 0.2) is 0 Å². The predicted octanol–water partition coefficient (Wildman–Crippen LogP) is 1.92. The topological polar surface area (TPSA) is 49.9 Å². The van der Waals surface area contributed by atoms with Crippen LogP contribution in [-0.2, 0) is 14.3 Å². The van der Waals surface area contributed by atoms with Gasteiger partial charge in [-0.2, -0.15) is 0 Å². The molecular weight excluding hydrogens is 292 g/mol. The van der Waals surface area contributed by atoms with E-state index < -0.39 is 0 Å². The Morgan fingerprint density at radius 1 is 1.17 bits per heavy atom. The molecular formula is C18H24N2O3. The van der Waals surface area contributed by atoms with Gasteiger partial charge in [0.2, 0.25) is 11.8 Å². The molecule has 0 N–H and O–H groups in total. The zero-order chi connectivity index (χ0) is 16.2. The number of carbonyl (C=O) groups is 2. The molecule has 2 heterocycles. The van der Waals surface area contributed by atoms with Crippen LogP contribution in [0.4, 0.5) is 5.69 Å². The van der Waals surface area contributed by atoms with Crippen LogP contribution in [0.3, 0.4) is 0 Å². The molecule has 0 saturated carbocycles. The second kappa shape index (κ2) is 7.13. The standard InChI is InChI=1S/C18H24N2O3/c1-23-13-18(22)19-9-7-14-11-17(21)20(10-8-15(14)12-19)16-5-3-2-4-6-16/h2-6,14-15H,7-13H2,1H3. The number of fused-ring (bicyclic) bond motifs is 1. The first kappa shape index (κ1) is 16.0. The molecule has 0 aromatic heterocycles. The molecule has 23 heavy (non-hydrogen) atoms. The Bertz CT molecular complexity index is 561. The number of rotatable bonds is 3. The Balaban J connectivity index is 1.68. The Hall–Kier alpha value is -1.88. The van der Waals surface area contributed by atoms with Gasteiger partial charge in [0.25, 0.3) is 0 Å². The highest BCUT2D eigenvalue weighted by Gasteiger charge is 2.36. The van der Waals surface area contributed by atoms with E-state index >= 15 is 0 Å². The Morgan fingerprint density at radius 3 is 2.65 bits per heavy atom. The first-order chi connectivity index (χ1) is 11.2. The number of likely N-dealkylation sites (tertiary alicyclic amines) is 1.